The molecule has 1 aliphatic rings. The Kier molecular flexibility index (Phi) is 6.34. The van der Waals surface area contributed by atoms with Crippen molar-refractivity contribution in [2.45, 2.75) is 48.8 Å². The van der Waals surface area contributed by atoms with Gasteiger partial charge in [0.05, 0.1) is 16.9 Å². The molecule has 1 fully saturated rings. The maximum absolute atomic E-state index is 12.7. The summed E-state index contributed by atoms with van der Waals surface area (Å²) in [6.07, 6.45) is 6.98. The fourth-order valence-electron chi connectivity index (χ4n) is 3.70. The molecule has 6 nitrogen and oxygen atoms in total. The van der Waals surface area contributed by atoms with E-state index in [-0.39, 0.29) is 22.5 Å². The minimum atomic E-state index is -3.56. The number of sulfone groups is 1. The molecule has 27 heavy (non-hydrogen) atoms. The summed E-state index contributed by atoms with van der Waals surface area (Å²) in [5.74, 6) is -0.283. The van der Waals surface area contributed by atoms with Crippen LogP contribution in [-0.4, -0.2) is 26.9 Å². The molecular weight excluding hydrogens is 364 g/mol. The van der Waals surface area contributed by atoms with Gasteiger partial charge < -0.3 is 15.5 Å². The standard InChI is InChI=1S/C20H26N2O4S/c21-13-18(15-7-3-1-4-8-15)22-20(23)19-16(11-12-26-19)14-27(24,25)17-9-5-2-6-10-17/h2,5-6,9-12,15,18H,1,3-4,7-8,13-14,21H2,(H,22,23). The van der Waals surface area contributed by atoms with Gasteiger partial charge in [0.25, 0.3) is 5.91 Å². The van der Waals surface area contributed by atoms with E-state index in [0.29, 0.717) is 18.0 Å². The summed E-state index contributed by atoms with van der Waals surface area (Å²) in [6.45, 7) is 0.356. The molecule has 1 aliphatic carbocycles. The SMILES string of the molecule is NCC(NC(=O)c1occc1CS(=O)(=O)c1ccccc1)C1CCCCC1. The van der Waals surface area contributed by atoms with Gasteiger partial charge in [0.15, 0.2) is 15.6 Å². The first-order chi connectivity index (χ1) is 13.0. The first-order valence-electron chi connectivity index (χ1n) is 9.36. The zero-order valence-corrected chi connectivity index (χ0v) is 16.1. The summed E-state index contributed by atoms with van der Waals surface area (Å²) in [4.78, 5) is 12.9. The van der Waals surface area contributed by atoms with E-state index in [2.05, 4.69) is 5.32 Å². The third-order valence-electron chi connectivity index (χ3n) is 5.19. The zero-order chi connectivity index (χ0) is 19.3. The van der Waals surface area contributed by atoms with E-state index in [0.717, 1.165) is 25.7 Å². The van der Waals surface area contributed by atoms with Gasteiger partial charge in [-0.2, -0.15) is 0 Å². The zero-order valence-electron chi connectivity index (χ0n) is 15.3. The van der Waals surface area contributed by atoms with Crippen molar-refractivity contribution < 1.29 is 17.6 Å². The van der Waals surface area contributed by atoms with Crippen molar-refractivity contribution in [2.24, 2.45) is 11.7 Å². The molecule has 1 aromatic heterocycles. The van der Waals surface area contributed by atoms with Crippen LogP contribution in [0, 0.1) is 5.92 Å². The van der Waals surface area contributed by atoms with Gasteiger partial charge in [0, 0.05) is 18.2 Å². The van der Waals surface area contributed by atoms with Crippen molar-refractivity contribution in [3.8, 4) is 0 Å². The van der Waals surface area contributed by atoms with E-state index < -0.39 is 15.7 Å². The molecule has 7 heteroatoms. The lowest BCUT2D eigenvalue weighted by Gasteiger charge is -2.29. The maximum Gasteiger partial charge on any atom is 0.287 e. The molecule has 0 radical (unpaired) electrons. The lowest BCUT2D eigenvalue weighted by atomic mass is 9.84. The van der Waals surface area contributed by atoms with Crippen LogP contribution in [0.2, 0.25) is 0 Å². The number of rotatable bonds is 7. The van der Waals surface area contributed by atoms with Gasteiger partial charge in [-0.3, -0.25) is 4.79 Å². The Morgan fingerprint density at radius 2 is 1.85 bits per heavy atom. The Morgan fingerprint density at radius 3 is 2.52 bits per heavy atom. The van der Waals surface area contributed by atoms with Crippen LogP contribution in [0.5, 0.6) is 0 Å². The molecule has 1 heterocycles. The molecule has 1 unspecified atom stereocenters. The average molecular weight is 391 g/mol. The highest BCUT2D eigenvalue weighted by Gasteiger charge is 2.27. The average Bonchev–Trinajstić information content (AvgIpc) is 3.15. The van der Waals surface area contributed by atoms with Crippen molar-refractivity contribution in [2.75, 3.05) is 6.54 Å². The molecule has 0 spiro atoms. The summed E-state index contributed by atoms with van der Waals surface area (Å²) in [6, 6.07) is 9.60. The summed E-state index contributed by atoms with van der Waals surface area (Å²) >= 11 is 0. The molecule has 3 N–H and O–H groups in total. The normalized spacial score (nSPS) is 16.8. The summed E-state index contributed by atoms with van der Waals surface area (Å²) in [7, 11) is -3.56. The molecule has 1 amide bonds. The molecule has 0 bridgehead atoms. The first kappa shape index (κ1) is 19.6. The molecule has 0 saturated heterocycles. The van der Waals surface area contributed by atoms with Gasteiger partial charge in [0.2, 0.25) is 0 Å². The third kappa shape index (κ3) is 4.78. The number of benzene rings is 1. The van der Waals surface area contributed by atoms with Gasteiger partial charge in [-0.05, 0) is 37.0 Å². The van der Waals surface area contributed by atoms with Crippen LogP contribution in [0.1, 0.15) is 48.2 Å². The molecular formula is C20H26N2O4S. The Hall–Kier alpha value is -2.12. The van der Waals surface area contributed by atoms with Crippen LogP contribution in [0.15, 0.2) is 52.0 Å². The van der Waals surface area contributed by atoms with E-state index in [1.165, 1.54) is 18.8 Å². The molecule has 146 valence electrons. The van der Waals surface area contributed by atoms with Gasteiger partial charge in [-0.25, -0.2) is 8.42 Å². The smallest absolute Gasteiger partial charge is 0.287 e. The molecule has 1 aromatic carbocycles. The molecule has 3 rings (SSSR count). The van der Waals surface area contributed by atoms with Crippen LogP contribution < -0.4 is 11.1 Å². The van der Waals surface area contributed by atoms with Gasteiger partial charge in [-0.15, -0.1) is 0 Å². The van der Waals surface area contributed by atoms with Crippen LogP contribution in [0.25, 0.3) is 0 Å². The Morgan fingerprint density at radius 1 is 1.15 bits per heavy atom. The lowest BCUT2D eigenvalue weighted by molar-refractivity contribution is 0.0886. The van der Waals surface area contributed by atoms with Crippen molar-refractivity contribution in [3.05, 3.63) is 54.0 Å². The van der Waals surface area contributed by atoms with E-state index in [1.807, 2.05) is 0 Å². The second-order valence-electron chi connectivity index (χ2n) is 7.06. The van der Waals surface area contributed by atoms with E-state index in [1.54, 1.807) is 30.3 Å². The van der Waals surface area contributed by atoms with E-state index in [9.17, 15) is 13.2 Å². The number of amides is 1. The summed E-state index contributed by atoms with van der Waals surface area (Å²) < 4.78 is 30.5. The summed E-state index contributed by atoms with van der Waals surface area (Å²) in [5, 5.41) is 2.95. The highest BCUT2D eigenvalue weighted by atomic mass is 32.2. The van der Waals surface area contributed by atoms with Crippen molar-refractivity contribution in [3.63, 3.8) is 0 Å². The molecule has 1 atom stereocenters. The summed E-state index contributed by atoms with van der Waals surface area (Å²) in [5.41, 5.74) is 6.24. The highest BCUT2D eigenvalue weighted by molar-refractivity contribution is 7.90. The quantitative estimate of drug-likeness (QED) is 0.757. The number of hydrogen-bond donors (Lipinski definition) is 2. The predicted octanol–water partition coefficient (Wildman–Crippen LogP) is 2.89. The fourth-order valence-corrected chi connectivity index (χ4v) is 5.08. The second-order valence-corrected chi connectivity index (χ2v) is 9.05. The maximum atomic E-state index is 12.7. The minimum Gasteiger partial charge on any atom is -0.459 e. The molecule has 0 aliphatic heterocycles. The van der Waals surface area contributed by atoms with Crippen molar-refractivity contribution in [1.82, 2.24) is 5.32 Å². The number of furan rings is 1. The van der Waals surface area contributed by atoms with Crippen LogP contribution in [0.3, 0.4) is 0 Å². The predicted molar refractivity (Wildman–Crippen MR) is 103 cm³/mol. The fraction of sp³-hybridized carbons (Fsp3) is 0.450. The Balaban J connectivity index is 1.73. The van der Waals surface area contributed by atoms with E-state index >= 15 is 0 Å². The highest BCUT2D eigenvalue weighted by Crippen LogP contribution is 2.27. The Bertz CT molecular complexity index is 855. The number of nitrogens with two attached hydrogens (primary N) is 1. The topological polar surface area (TPSA) is 102 Å². The first-order valence-corrected chi connectivity index (χ1v) is 11.0. The third-order valence-corrected chi connectivity index (χ3v) is 6.87. The van der Waals surface area contributed by atoms with E-state index in [4.69, 9.17) is 10.2 Å². The lowest BCUT2D eigenvalue weighted by Crippen LogP contribution is -2.46. The van der Waals surface area contributed by atoms with Gasteiger partial charge >= 0.3 is 0 Å². The minimum absolute atomic E-state index is 0.0452. The molecule has 1 saturated carbocycles. The van der Waals surface area contributed by atoms with Crippen LogP contribution in [-0.2, 0) is 15.6 Å². The monoisotopic (exact) mass is 390 g/mol. The van der Waals surface area contributed by atoms with Gasteiger partial charge in [0.1, 0.15) is 0 Å². The van der Waals surface area contributed by atoms with Gasteiger partial charge in [-0.1, -0.05) is 37.5 Å². The Labute approximate surface area is 160 Å². The van der Waals surface area contributed by atoms with Crippen LogP contribution >= 0.6 is 0 Å². The number of nitrogens with one attached hydrogen (secondary N) is 1. The van der Waals surface area contributed by atoms with Crippen molar-refractivity contribution in [1.29, 1.82) is 0 Å². The van der Waals surface area contributed by atoms with Crippen LogP contribution in [0.4, 0.5) is 0 Å². The largest absolute Gasteiger partial charge is 0.459 e. The number of hydrogen-bond acceptors (Lipinski definition) is 5. The van der Waals surface area contributed by atoms with Crippen molar-refractivity contribution >= 4 is 15.7 Å². The number of carbonyl (C=O) groups excluding carboxylic acids is 1. The number of carbonyl (C=O) groups is 1. The molecule has 2 aromatic rings. The second kappa shape index (κ2) is 8.71.